The first-order valence-corrected chi connectivity index (χ1v) is 11.8. The van der Waals surface area contributed by atoms with Crippen molar-refractivity contribution in [3.8, 4) is 17.6 Å². The Kier molecular flexibility index (Phi) is 7.65. The van der Waals surface area contributed by atoms with Gasteiger partial charge in [-0.1, -0.05) is 18.2 Å². The molecule has 1 aliphatic heterocycles. The van der Waals surface area contributed by atoms with Crippen LogP contribution in [0, 0.1) is 18.3 Å². The van der Waals surface area contributed by atoms with Gasteiger partial charge in [0.1, 0.15) is 0 Å². The van der Waals surface area contributed by atoms with E-state index in [4.69, 9.17) is 14.7 Å². The molecule has 0 aromatic heterocycles. The van der Waals surface area contributed by atoms with Gasteiger partial charge in [-0.3, -0.25) is 9.59 Å². The van der Waals surface area contributed by atoms with Crippen molar-refractivity contribution in [1.82, 2.24) is 0 Å². The van der Waals surface area contributed by atoms with Gasteiger partial charge in [0.25, 0.3) is 11.8 Å². The molecule has 0 bridgehead atoms. The molecule has 0 radical (unpaired) electrons. The number of carbonyl (C=O) groups is 2. The summed E-state index contributed by atoms with van der Waals surface area (Å²) in [5, 5.41) is 17.5. The van der Waals surface area contributed by atoms with E-state index in [2.05, 4.69) is 16.5 Å². The first-order chi connectivity index (χ1) is 17.9. The van der Waals surface area contributed by atoms with Crippen molar-refractivity contribution < 1.29 is 19.1 Å². The Bertz CT molecular complexity index is 1440. The zero-order chi connectivity index (χ0) is 26.4. The molecule has 0 aliphatic carbocycles. The normalized spacial score (nSPS) is 13.8. The van der Waals surface area contributed by atoms with Crippen LogP contribution in [-0.2, 0) is 9.59 Å². The molecule has 3 aromatic carbocycles. The molecule has 0 fully saturated rings. The highest BCUT2D eigenvalue weighted by Gasteiger charge is 2.28. The summed E-state index contributed by atoms with van der Waals surface area (Å²) in [5.74, 6) is 0.328. The van der Waals surface area contributed by atoms with E-state index in [1.807, 2.05) is 38.1 Å². The predicted molar refractivity (Wildman–Crippen MR) is 143 cm³/mol. The maximum atomic E-state index is 13.1. The van der Waals surface area contributed by atoms with Crippen molar-refractivity contribution in [3.05, 3.63) is 89.0 Å². The molecule has 1 N–H and O–H groups in total. The van der Waals surface area contributed by atoms with Gasteiger partial charge in [-0.15, -0.1) is 0 Å². The number of hydrogen-bond acceptors (Lipinski definition) is 6. The topological polar surface area (TPSA) is 104 Å². The summed E-state index contributed by atoms with van der Waals surface area (Å²) < 4.78 is 11.5. The summed E-state index contributed by atoms with van der Waals surface area (Å²) in [7, 11) is 0. The fourth-order valence-corrected chi connectivity index (χ4v) is 3.77. The van der Waals surface area contributed by atoms with Crippen LogP contribution in [0.25, 0.3) is 6.08 Å². The average molecular weight is 495 g/mol. The molecule has 1 aliphatic rings. The number of rotatable bonds is 8. The van der Waals surface area contributed by atoms with Crippen LogP contribution >= 0.6 is 0 Å². The summed E-state index contributed by atoms with van der Waals surface area (Å²) in [4.78, 5) is 25.4. The third-order valence-corrected chi connectivity index (χ3v) is 5.54. The fourth-order valence-electron chi connectivity index (χ4n) is 3.77. The summed E-state index contributed by atoms with van der Waals surface area (Å²) in [6.45, 7) is 5.79. The number of hydrogen-bond donors (Lipinski definition) is 1. The number of anilines is 2. The Morgan fingerprint density at radius 3 is 2.54 bits per heavy atom. The molecule has 0 saturated carbocycles. The number of nitriles is 1. The molecular formula is C29H26N4O4. The lowest BCUT2D eigenvalue weighted by atomic mass is 10.1. The number of nitrogens with zero attached hydrogens (tertiary/aromatic N) is 3. The Morgan fingerprint density at radius 1 is 1.05 bits per heavy atom. The third-order valence-electron chi connectivity index (χ3n) is 5.54. The van der Waals surface area contributed by atoms with E-state index in [1.54, 1.807) is 55.5 Å². The SMILES string of the molecule is CCOc1cc(/C=C2\C(=O)N(c3ccc(C#N)cc3)N=C2C)ccc1OCC(=O)Nc1cccc(C)c1. The van der Waals surface area contributed by atoms with Crippen LogP contribution in [-0.4, -0.2) is 30.7 Å². The molecule has 3 aromatic rings. The van der Waals surface area contributed by atoms with Crippen molar-refractivity contribution in [2.45, 2.75) is 20.8 Å². The molecule has 8 heteroatoms. The van der Waals surface area contributed by atoms with Crippen LogP contribution in [0.2, 0.25) is 0 Å². The molecule has 37 heavy (non-hydrogen) atoms. The molecule has 186 valence electrons. The van der Waals surface area contributed by atoms with Crippen LogP contribution in [0.4, 0.5) is 11.4 Å². The van der Waals surface area contributed by atoms with Gasteiger partial charge in [-0.05, 0) is 86.5 Å². The second-order valence-corrected chi connectivity index (χ2v) is 8.36. The lowest BCUT2D eigenvalue weighted by Gasteiger charge is -2.13. The predicted octanol–water partition coefficient (Wildman–Crippen LogP) is 5.09. The average Bonchev–Trinajstić information content (AvgIpc) is 3.17. The first-order valence-electron chi connectivity index (χ1n) is 11.8. The number of benzene rings is 3. The van der Waals surface area contributed by atoms with Crippen LogP contribution in [0.1, 0.15) is 30.5 Å². The minimum absolute atomic E-state index is 0.182. The van der Waals surface area contributed by atoms with Gasteiger partial charge in [0, 0.05) is 5.69 Å². The smallest absolute Gasteiger partial charge is 0.280 e. The molecular weight excluding hydrogens is 468 g/mol. The van der Waals surface area contributed by atoms with Crippen molar-refractivity contribution in [1.29, 1.82) is 5.26 Å². The fraction of sp³-hybridized carbons (Fsp3) is 0.172. The standard InChI is InChI=1S/C29H26N4O4/c1-4-36-27-16-22(10-13-26(27)37-18-28(34)31-23-7-5-6-19(2)14-23)15-25-20(3)32-33(29(25)35)24-11-8-21(17-30)9-12-24/h5-16H,4,18H2,1-3H3,(H,31,34)/b25-15-. The Morgan fingerprint density at radius 2 is 1.84 bits per heavy atom. The Labute approximate surface area is 215 Å². The monoisotopic (exact) mass is 494 g/mol. The number of carbonyl (C=O) groups excluding carboxylic acids is 2. The van der Waals surface area contributed by atoms with Gasteiger partial charge in [0.05, 0.1) is 35.2 Å². The lowest BCUT2D eigenvalue weighted by Crippen LogP contribution is -2.21. The summed E-state index contributed by atoms with van der Waals surface area (Å²) >= 11 is 0. The Hall–Kier alpha value is -4.90. The van der Waals surface area contributed by atoms with Crippen molar-refractivity contribution in [3.63, 3.8) is 0 Å². The molecule has 0 unspecified atom stereocenters. The molecule has 0 saturated heterocycles. The van der Waals surface area contributed by atoms with Gasteiger partial charge in [0.2, 0.25) is 0 Å². The van der Waals surface area contributed by atoms with Crippen molar-refractivity contribution >= 4 is 35.0 Å². The zero-order valence-electron chi connectivity index (χ0n) is 20.8. The van der Waals surface area contributed by atoms with Crippen LogP contribution < -0.4 is 19.8 Å². The van der Waals surface area contributed by atoms with Gasteiger partial charge in [-0.25, -0.2) is 0 Å². The van der Waals surface area contributed by atoms with Gasteiger partial charge in [-0.2, -0.15) is 15.4 Å². The minimum atomic E-state index is -0.287. The second kappa shape index (κ2) is 11.2. The molecule has 0 spiro atoms. The summed E-state index contributed by atoms with van der Waals surface area (Å²) in [5.41, 5.74) is 4.56. The number of aryl methyl sites for hydroxylation is 1. The summed E-state index contributed by atoms with van der Waals surface area (Å²) in [6.07, 6.45) is 1.74. The first kappa shape index (κ1) is 25.2. The van der Waals surface area contributed by atoms with Crippen molar-refractivity contribution in [2.24, 2.45) is 5.10 Å². The molecule has 4 rings (SSSR count). The number of hydrazone groups is 1. The molecule has 8 nitrogen and oxygen atoms in total. The lowest BCUT2D eigenvalue weighted by molar-refractivity contribution is -0.118. The minimum Gasteiger partial charge on any atom is -0.490 e. The quantitative estimate of drug-likeness (QED) is 0.439. The van der Waals surface area contributed by atoms with E-state index in [0.29, 0.717) is 46.3 Å². The van der Waals surface area contributed by atoms with E-state index in [0.717, 1.165) is 11.1 Å². The maximum absolute atomic E-state index is 13.1. The third kappa shape index (κ3) is 6.03. The highest BCUT2D eigenvalue weighted by molar-refractivity contribution is 6.32. The van der Waals surface area contributed by atoms with Crippen molar-refractivity contribution in [2.75, 3.05) is 23.5 Å². The number of ether oxygens (including phenoxy) is 2. The van der Waals surface area contributed by atoms with Crippen LogP contribution in [0.3, 0.4) is 0 Å². The van der Waals surface area contributed by atoms with E-state index < -0.39 is 0 Å². The maximum Gasteiger partial charge on any atom is 0.280 e. The highest BCUT2D eigenvalue weighted by atomic mass is 16.5. The van der Waals surface area contributed by atoms with E-state index in [1.165, 1.54) is 5.01 Å². The largest absolute Gasteiger partial charge is 0.490 e. The van der Waals surface area contributed by atoms with E-state index >= 15 is 0 Å². The van der Waals surface area contributed by atoms with Crippen LogP contribution in [0.5, 0.6) is 11.5 Å². The van der Waals surface area contributed by atoms with E-state index in [-0.39, 0.29) is 18.4 Å². The summed E-state index contributed by atoms with van der Waals surface area (Å²) in [6, 6.07) is 21.5. The van der Waals surface area contributed by atoms with E-state index in [9.17, 15) is 9.59 Å². The second-order valence-electron chi connectivity index (χ2n) is 8.36. The van der Waals surface area contributed by atoms with Gasteiger partial charge < -0.3 is 14.8 Å². The highest BCUT2D eigenvalue weighted by Crippen LogP contribution is 2.31. The number of amides is 2. The zero-order valence-corrected chi connectivity index (χ0v) is 20.8. The number of nitrogens with one attached hydrogen (secondary N) is 1. The molecule has 2 amide bonds. The van der Waals surface area contributed by atoms with Gasteiger partial charge >= 0.3 is 0 Å². The van der Waals surface area contributed by atoms with Gasteiger partial charge in [0.15, 0.2) is 18.1 Å². The molecule has 0 atom stereocenters. The Balaban J connectivity index is 1.48. The molecule has 1 heterocycles. The van der Waals surface area contributed by atoms with Crippen LogP contribution in [0.15, 0.2) is 77.4 Å².